The van der Waals surface area contributed by atoms with E-state index in [4.69, 9.17) is 0 Å². The average molecular weight is 321 g/mol. The quantitative estimate of drug-likeness (QED) is 0.410. The molecule has 1 heteroatoms. The number of unbranched alkanes of at least 4 members (excludes halogenated alkanes) is 4. The third-order valence-electron chi connectivity index (χ3n) is 1.41. The van der Waals surface area contributed by atoms with E-state index in [9.17, 15) is 0 Å². The molecule has 0 spiro atoms. The number of hydrogen-bond donors (Lipinski definition) is 0. The van der Waals surface area contributed by atoms with E-state index in [0.29, 0.717) is 0 Å². The largest absolute Gasteiger partial charge is 0.343 e. The van der Waals surface area contributed by atoms with E-state index in [1.165, 1.54) is 25.7 Å². The van der Waals surface area contributed by atoms with Crippen molar-refractivity contribution in [1.29, 1.82) is 0 Å². The monoisotopic (exact) mass is 321 g/mol. The predicted octanol–water partition coefficient (Wildman–Crippen LogP) is 6.48. The third kappa shape index (κ3) is 162. The molecular weight excluding hydrogens is 285 g/mol. The fraction of sp³-hybridized carbons (Fsp3) is 0.750. The van der Waals surface area contributed by atoms with E-state index in [2.05, 4.69) is 55.4 Å². The normalized spacial score (nSPS) is 7.06. The van der Waals surface area contributed by atoms with Crippen LogP contribution in [0.3, 0.4) is 0 Å². The summed E-state index contributed by atoms with van der Waals surface area (Å²) in [5, 5.41) is 0. The van der Waals surface area contributed by atoms with Crippen LogP contribution in [0.2, 0.25) is 0 Å². The molecule has 0 amide bonds. The summed E-state index contributed by atoms with van der Waals surface area (Å²) in [6, 6.07) is 0. The van der Waals surface area contributed by atoms with Crippen molar-refractivity contribution >= 4 is 0 Å². The molecule has 0 fully saturated rings. The van der Waals surface area contributed by atoms with E-state index in [-0.39, 0.29) is 22.4 Å². The molecule has 0 nitrogen and oxygen atoms in total. The first-order valence-corrected chi connectivity index (χ1v) is 6.83. The fourth-order valence-electron chi connectivity index (χ4n) is 0. The summed E-state index contributed by atoms with van der Waals surface area (Å²) in [4.78, 5) is 0. The Labute approximate surface area is 129 Å². The summed E-state index contributed by atoms with van der Waals surface area (Å²) in [6.07, 6.45) is 9.11. The molecule has 17 heavy (non-hydrogen) atoms. The van der Waals surface area contributed by atoms with Crippen LogP contribution >= 0.6 is 0 Å². The fourth-order valence-corrected chi connectivity index (χ4v) is 0. The van der Waals surface area contributed by atoms with Gasteiger partial charge in [-0.1, -0.05) is 53.4 Å². The Balaban J connectivity index is -0.0000000369. The Hall–Kier alpha value is 0.740. The summed E-state index contributed by atoms with van der Waals surface area (Å²) < 4.78 is 0. The van der Waals surface area contributed by atoms with Gasteiger partial charge in [0.2, 0.25) is 0 Å². The van der Waals surface area contributed by atoms with Gasteiger partial charge >= 0.3 is 0 Å². The van der Waals surface area contributed by atoms with E-state index in [0.717, 1.165) is 25.7 Å². The van der Waals surface area contributed by atoms with Gasteiger partial charge in [0.1, 0.15) is 0 Å². The van der Waals surface area contributed by atoms with E-state index in [1.807, 2.05) is 0 Å². The van der Waals surface area contributed by atoms with Crippen molar-refractivity contribution in [2.24, 2.45) is 0 Å². The molecule has 0 aliphatic heterocycles. The molecule has 0 saturated carbocycles. The van der Waals surface area contributed by atoms with E-state index in [1.54, 1.807) is 0 Å². The van der Waals surface area contributed by atoms with Gasteiger partial charge in [-0.2, -0.15) is 25.7 Å². The number of rotatable bonds is 4. The Morgan fingerprint density at radius 3 is 0.529 bits per heavy atom. The molecule has 0 bridgehead atoms. The minimum atomic E-state index is 0. The van der Waals surface area contributed by atoms with Crippen molar-refractivity contribution < 1.29 is 22.4 Å². The molecule has 0 heterocycles. The van der Waals surface area contributed by atoms with Gasteiger partial charge in [0.05, 0.1) is 0 Å². The Morgan fingerprint density at radius 2 is 0.529 bits per heavy atom. The second-order valence-corrected chi connectivity index (χ2v) is 3.41. The Morgan fingerprint density at radius 1 is 0.471 bits per heavy atom. The summed E-state index contributed by atoms with van der Waals surface area (Å²) in [7, 11) is 0. The molecule has 0 aliphatic rings. The molecule has 1 radical (unpaired) electrons. The van der Waals surface area contributed by atoms with Gasteiger partial charge in [-0.05, 0) is 0 Å². The molecule has 0 saturated heterocycles. The van der Waals surface area contributed by atoms with Crippen molar-refractivity contribution in [3.63, 3.8) is 0 Å². The first-order chi connectivity index (χ1) is 7.66. The van der Waals surface area contributed by atoms with Crippen LogP contribution < -0.4 is 0 Å². The molecule has 0 atom stereocenters. The van der Waals surface area contributed by atoms with Gasteiger partial charge < -0.3 is 27.7 Å². The topological polar surface area (TPSA) is 0 Å². The smallest absolute Gasteiger partial charge is 0 e. The molecule has 0 aliphatic carbocycles. The van der Waals surface area contributed by atoms with Crippen molar-refractivity contribution in [2.75, 3.05) is 0 Å². The van der Waals surface area contributed by atoms with Crippen LogP contribution in [0.15, 0.2) is 0 Å². The van der Waals surface area contributed by atoms with Gasteiger partial charge in [0.25, 0.3) is 0 Å². The van der Waals surface area contributed by atoms with Gasteiger partial charge in [-0.15, -0.1) is 0 Å². The van der Waals surface area contributed by atoms with Crippen LogP contribution in [-0.2, 0) is 22.4 Å². The first-order valence-electron chi connectivity index (χ1n) is 6.83. The van der Waals surface area contributed by atoms with Crippen molar-refractivity contribution in [3.05, 3.63) is 27.7 Å². The summed E-state index contributed by atoms with van der Waals surface area (Å²) in [6.45, 7) is 22.9. The van der Waals surface area contributed by atoms with Gasteiger partial charge in [-0.3, -0.25) is 0 Å². The van der Waals surface area contributed by atoms with E-state index >= 15 is 0 Å². The molecule has 0 rings (SSSR count). The van der Waals surface area contributed by atoms with Crippen molar-refractivity contribution in [2.45, 2.75) is 79.1 Å². The van der Waals surface area contributed by atoms with Crippen LogP contribution in [0.4, 0.5) is 0 Å². The summed E-state index contributed by atoms with van der Waals surface area (Å²) in [5.41, 5.74) is 0. The molecule has 109 valence electrons. The molecular formula is C16H36Nb-4. The predicted molar refractivity (Wildman–Crippen MR) is 81.1 cm³/mol. The van der Waals surface area contributed by atoms with Crippen molar-refractivity contribution in [3.8, 4) is 0 Å². The van der Waals surface area contributed by atoms with Crippen LogP contribution in [0.1, 0.15) is 79.1 Å². The van der Waals surface area contributed by atoms with Crippen LogP contribution in [0.5, 0.6) is 0 Å². The maximum atomic E-state index is 3.60. The molecule has 0 unspecified atom stereocenters. The minimum Gasteiger partial charge on any atom is -0.343 e. The third-order valence-corrected chi connectivity index (χ3v) is 1.41. The second kappa shape index (κ2) is 54.3. The van der Waals surface area contributed by atoms with E-state index < -0.39 is 0 Å². The van der Waals surface area contributed by atoms with Crippen LogP contribution in [0.25, 0.3) is 0 Å². The van der Waals surface area contributed by atoms with Gasteiger partial charge in [0.15, 0.2) is 0 Å². The Bertz CT molecular complexity index is 29.5. The zero-order chi connectivity index (χ0) is 13.7. The molecule has 0 N–H and O–H groups in total. The molecule has 0 aromatic carbocycles. The van der Waals surface area contributed by atoms with Crippen molar-refractivity contribution in [1.82, 2.24) is 0 Å². The average Bonchev–Trinajstić information content (AvgIpc) is 2.39. The first kappa shape index (κ1) is 30.6. The van der Waals surface area contributed by atoms with Crippen LogP contribution in [0, 0.1) is 27.7 Å². The zero-order valence-corrected chi connectivity index (χ0v) is 15.1. The molecule has 0 aromatic heterocycles. The maximum absolute atomic E-state index is 3.60. The van der Waals surface area contributed by atoms with Gasteiger partial charge in [0, 0.05) is 22.4 Å². The standard InChI is InChI=1S/4C4H9.Nb/c4*1-3-4-2;/h4*1,3-4H2,2H3;/q4*-1;. The second-order valence-electron chi connectivity index (χ2n) is 3.41. The summed E-state index contributed by atoms with van der Waals surface area (Å²) >= 11 is 0. The molecule has 0 aromatic rings. The summed E-state index contributed by atoms with van der Waals surface area (Å²) in [5.74, 6) is 0. The number of hydrogen-bond acceptors (Lipinski definition) is 0. The van der Waals surface area contributed by atoms with Gasteiger partial charge in [-0.25, -0.2) is 0 Å². The minimum absolute atomic E-state index is 0. The SMILES string of the molecule is [CH2-]CCC.[CH2-]CCC.[CH2-]CCC.[CH2-]CCC.[Nb]. The van der Waals surface area contributed by atoms with Crippen LogP contribution in [-0.4, -0.2) is 0 Å². The maximum Gasteiger partial charge on any atom is 0 e. The Kier molecular flexibility index (Phi) is 97.8. The zero-order valence-electron chi connectivity index (χ0n) is 12.9.